The number of aliphatic hydroxyl groups excluding tert-OH is 1. The number of rotatable bonds is 7. The van der Waals surface area contributed by atoms with Crippen LogP contribution in [0.4, 0.5) is 0 Å². The number of hydrogen-bond acceptors (Lipinski definition) is 4. The fraction of sp³-hybridized carbons (Fsp3) is 0.421. The predicted molar refractivity (Wildman–Crippen MR) is 91.3 cm³/mol. The summed E-state index contributed by atoms with van der Waals surface area (Å²) in [5, 5.41) is 13.1. The summed E-state index contributed by atoms with van der Waals surface area (Å²) in [6.45, 7) is 2.54. The average Bonchev–Trinajstić information content (AvgIpc) is 3.30. The normalized spacial score (nSPS) is 17.5. The van der Waals surface area contributed by atoms with Gasteiger partial charge in [-0.3, -0.25) is 9.69 Å². The minimum absolute atomic E-state index is 0.0559. The molecule has 2 unspecified atom stereocenters. The monoisotopic (exact) mass is 328 g/mol. The number of amides is 1. The van der Waals surface area contributed by atoms with Gasteiger partial charge in [0.1, 0.15) is 5.76 Å². The number of nitrogens with zero attached hydrogens (tertiary/aromatic N) is 1. The first kappa shape index (κ1) is 16.7. The largest absolute Gasteiger partial charge is 0.468 e. The molecule has 2 atom stereocenters. The second-order valence-corrected chi connectivity index (χ2v) is 6.21. The van der Waals surface area contributed by atoms with Crippen LogP contribution in [0.3, 0.4) is 0 Å². The lowest BCUT2D eigenvalue weighted by Crippen LogP contribution is -2.37. The zero-order valence-corrected chi connectivity index (χ0v) is 13.7. The number of furan rings is 1. The topological polar surface area (TPSA) is 65.7 Å². The van der Waals surface area contributed by atoms with Crippen molar-refractivity contribution in [1.29, 1.82) is 0 Å². The average molecular weight is 328 g/mol. The van der Waals surface area contributed by atoms with E-state index in [0.29, 0.717) is 6.54 Å². The van der Waals surface area contributed by atoms with E-state index in [1.54, 1.807) is 6.26 Å². The Bertz CT molecular complexity index is 621. The summed E-state index contributed by atoms with van der Waals surface area (Å²) in [4.78, 5) is 14.5. The van der Waals surface area contributed by atoms with Crippen molar-refractivity contribution < 1.29 is 14.3 Å². The van der Waals surface area contributed by atoms with Crippen molar-refractivity contribution in [3.05, 3.63) is 60.1 Å². The van der Waals surface area contributed by atoms with Gasteiger partial charge in [0.15, 0.2) is 0 Å². The van der Waals surface area contributed by atoms with Crippen LogP contribution in [0.1, 0.15) is 42.7 Å². The molecule has 0 bridgehead atoms. The first-order chi connectivity index (χ1) is 11.7. The fourth-order valence-corrected chi connectivity index (χ4v) is 3.20. The second kappa shape index (κ2) is 8.13. The summed E-state index contributed by atoms with van der Waals surface area (Å²) in [5.74, 6) is 0.725. The molecule has 0 radical (unpaired) electrons. The van der Waals surface area contributed by atoms with Gasteiger partial charge in [-0.15, -0.1) is 0 Å². The van der Waals surface area contributed by atoms with Crippen LogP contribution in [0.2, 0.25) is 0 Å². The van der Waals surface area contributed by atoms with Crippen molar-refractivity contribution >= 4 is 5.91 Å². The number of hydrogen-bond donors (Lipinski definition) is 2. The van der Waals surface area contributed by atoms with Crippen molar-refractivity contribution in [2.24, 2.45) is 0 Å². The Labute approximate surface area is 142 Å². The molecule has 0 spiro atoms. The van der Waals surface area contributed by atoms with Gasteiger partial charge in [-0.2, -0.15) is 0 Å². The molecule has 5 nitrogen and oxygen atoms in total. The van der Waals surface area contributed by atoms with Crippen molar-refractivity contribution in [1.82, 2.24) is 10.2 Å². The maximum absolute atomic E-state index is 12.2. The number of benzene rings is 1. The van der Waals surface area contributed by atoms with E-state index in [1.807, 2.05) is 42.5 Å². The van der Waals surface area contributed by atoms with E-state index in [9.17, 15) is 9.90 Å². The lowest BCUT2D eigenvalue weighted by atomic mass is 10.1. The molecule has 2 heterocycles. The molecule has 3 rings (SSSR count). The molecule has 0 saturated carbocycles. The van der Waals surface area contributed by atoms with Gasteiger partial charge >= 0.3 is 0 Å². The number of carbonyl (C=O) groups excluding carboxylic acids is 1. The molecule has 1 aromatic carbocycles. The predicted octanol–water partition coefficient (Wildman–Crippen LogP) is 2.66. The SMILES string of the molecule is O=C(CC(O)c1ccccc1)NCC(c1ccco1)N1CCCC1. The smallest absolute Gasteiger partial charge is 0.223 e. The Hall–Kier alpha value is -2.11. The minimum atomic E-state index is -0.778. The van der Waals surface area contributed by atoms with Gasteiger partial charge in [0, 0.05) is 6.54 Å². The number of carbonyl (C=O) groups is 1. The molecule has 1 aromatic heterocycles. The van der Waals surface area contributed by atoms with Crippen molar-refractivity contribution in [2.75, 3.05) is 19.6 Å². The van der Waals surface area contributed by atoms with Gasteiger partial charge in [-0.1, -0.05) is 30.3 Å². The van der Waals surface area contributed by atoms with Crippen molar-refractivity contribution in [2.45, 2.75) is 31.4 Å². The first-order valence-corrected chi connectivity index (χ1v) is 8.51. The summed E-state index contributed by atoms with van der Waals surface area (Å²) < 4.78 is 5.55. The van der Waals surface area contributed by atoms with Crippen LogP contribution in [0.25, 0.3) is 0 Å². The Morgan fingerprint density at radius 1 is 1.17 bits per heavy atom. The molecule has 2 aromatic rings. The maximum Gasteiger partial charge on any atom is 0.223 e. The van der Waals surface area contributed by atoms with E-state index in [2.05, 4.69) is 10.2 Å². The van der Waals surface area contributed by atoms with E-state index < -0.39 is 6.10 Å². The standard InChI is InChI=1S/C19H24N2O3/c22-17(15-7-2-1-3-8-15)13-19(23)20-14-16(18-9-6-12-24-18)21-10-4-5-11-21/h1-3,6-9,12,16-17,22H,4-5,10-11,13-14H2,(H,20,23). The zero-order valence-electron chi connectivity index (χ0n) is 13.7. The van der Waals surface area contributed by atoms with Gasteiger partial charge < -0.3 is 14.8 Å². The Balaban J connectivity index is 1.55. The highest BCUT2D eigenvalue weighted by Crippen LogP contribution is 2.25. The van der Waals surface area contributed by atoms with Crippen LogP contribution in [0.5, 0.6) is 0 Å². The molecular weight excluding hydrogens is 304 g/mol. The minimum Gasteiger partial charge on any atom is -0.468 e. The van der Waals surface area contributed by atoms with Crippen LogP contribution < -0.4 is 5.32 Å². The van der Waals surface area contributed by atoms with Crippen molar-refractivity contribution in [3.63, 3.8) is 0 Å². The number of likely N-dealkylation sites (tertiary alicyclic amines) is 1. The van der Waals surface area contributed by atoms with Crippen LogP contribution in [-0.4, -0.2) is 35.5 Å². The number of aliphatic hydroxyl groups is 1. The summed E-state index contributed by atoms with van der Waals surface area (Å²) in [7, 11) is 0. The highest BCUT2D eigenvalue weighted by molar-refractivity contribution is 5.76. The van der Waals surface area contributed by atoms with Gasteiger partial charge in [0.25, 0.3) is 0 Å². The first-order valence-electron chi connectivity index (χ1n) is 8.51. The fourth-order valence-electron chi connectivity index (χ4n) is 3.20. The van der Waals surface area contributed by atoms with Gasteiger partial charge in [0.05, 0.1) is 24.8 Å². The lowest BCUT2D eigenvalue weighted by Gasteiger charge is -2.26. The summed E-state index contributed by atoms with van der Waals surface area (Å²) in [6.07, 6.45) is 3.31. The molecule has 24 heavy (non-hydrogen) atoms. The zero-order chi connectivity index (χ0) is 16.8. The highest BCUT2D eigenvalue weighted by Gasteiger charge is 2.26. The second-order valence-electron chi connectivity index (χ2n) is 6.21. The molecule has 1 fully saturated rings. The molecular formula is C19H24N2O3. The third-order valence-corrected chi connectivity index (χ3v) is 4.51. The molecule has 0 aliphatic carbocycles. The molecule has 1 saturated heterocycles. The lowest BCUT2D eigenvalue weighted by molar-refractivity contribution is -0.123. The molecule has 2 N–H and O–H groups in total. The Morgan fingerprint density at radius 2 is 1.92 bits per heavy atom. The van der Waals surface area contributed by atoms with Crippen LogP contribution in [0.15, 0.2) is 53.1 Å². The number of nitrogens with one attached hydrogen (secondary N) is 1. The highest BCUT2D eigenvalue weighted by atomic mass is 16.3. The summed E-state index contributed by atoms with van der Waals surface area (Å²) in [5.41, 5.74) is 0.759. The van der Waals surface area contributed by atoms with E-state index in [4.69, 9.17) is 4.42 Å². The third-order valence-electron chi connectivity index (χ3n) is 4.51. The summed E-state index contributed by atoms with van der Waals surface area (Å²) in [6, 6.07) is 13.1. The van der Waals surface area contributed by atoms with Crippen LogP contribution >= 0.6 is 0 Å². The molecule has 1 aliphatic heterocycles. The Kier molecular flexibility index (Phi) is 5.67. The van der Waals surface area contributed by atoms with E-state index >= 15 is 0 Å². The van der Waals surface area contributed by atoms with Gasteiger partial charge in [0.2, 0.25) is 5.91 Å². The quantitative estimate of drug-likeness (QED) is 0.820. The maximum atomic E-state index is 12.2. The Morgan fingerprint density at radius 3 is 2.58 bits per heavy atom. The molecule has 1 aliphatic rings. The summed E-state index contributed by atoms with van der Waals surface area (Å²) >= 11 is 0. The molecule has 128 valence electrons. The molecule has 1 amide bonds. The van der Waals surface area contributed by atoms with E-state index in [-0.39, 0.29) is 18.4 Å². The molecule has 5 heteroatoms. The third kappa shape index (κ3) is 4.24. The van der Waals surface area contributed by atoms with Crippen molar-refractivity contribution in [3.8, 4) is 0 Å². The van der Waals surface area contributed by atoms with E-state index in [1.165, 1.54) is 12.8 Å². The van der Waals surface area contributed by atoms with Gasteiger partial charge in [-0.05, 0) is 43.6 Å². The van der Waals surface area contributed by atoms with Gasteiger partial charge in [-0.25, -0.2) is 0 Å². The van der Waals surface area contributed by atoms with Crippen LogP contribution in [0, 0.1) is 0 Å². The van der Waals surface area contributed by atoms with Crippen LogP contribution in [-0.2, 0) is 4.79 Å². The van der Waals surface area contributed by atoms with E-state index in [0.717, 1.165) is 24.4 Å².